The third-order valence-electron chi connectivity index (χ3n) is 7.30. The van der Waals surface area contributed by atoms with Gasteiger partial charge in [-0.15, -0.1) is 0 Å². The minimum Gasteiger partial charge on any atom is -0.254 e. The van der Waals surface area contributed by atoms with Gasteiger partial charge in [-0.3, -0.25) is 9.97 Å². The summed E-state index contributed by atoms with van der Waals surface area (Å²) in [7, 11) is 0. The molecule has 176 valence electrons. The van der Waals surface area contributed by atoms with Crippen molar-refractivity contribution >= 4 is 54.4 Å². The molecule has 8 rings (SSSR count). The van der Waals surface area contributed by atoms with Crippen LogP contribution in [0.4, 0.5) is 0 Å². The first-order valence-corrected chi connectivity index (χ1v) is 12.6. The van der Waals surface area contributed by atoms with Crippen molar-refractivity contribution in [3.8, 4) is 22.5 Å². The summed E-state index contributed by atoms with van der Waals surface area (Å²) in [4.78, 5) is 19.2. The Kier molecular flexibility index (Phi) is 4.49. The third-order valence-corrected chi connectivity index (χ3v) is 7.30. The molecule has 0 aliphatic rings. The second kappa shape index (κ2) is 8.15. The van der Waals surface area contributed by atoms with Gasteiger partial charge in [-0.25, -0.2) is 9.97 Å². The molecule has 0 bridgehead atoms. The smallest absolute Gasteiger partial charge is 0.0972 e. The van der Waals surface area contributed by atoms with E-state index in [1.807, 2.05) is 24.5 Å². The molecule has 0 saturated heterocycles. The molecule has 0 aliphatic carbocycles. The maximum absolute atomic E-state index is 5.02. The minimum absolute atomic E-state index is 0.931. The second-order valence-electron chi connectivity index (χ2n) is 9.59. The average molecular weight is 485 g/mol. The second-order valence-corrected chi connectivity index (χ2v) is 9.59. The van der Waals surface area contributed by atoms with Gasteiger partial charge in [-0.05, 0) is 47.2 Å². The molecule has 4 nitrogen and oxygen atoms in total. The number of rotatable bonds is 2. The Balaban J connectivity index is 1.22. The van der Waals surface area contributed by atoms with Crippen molar-refractivity contribution in [2.75, 3.05) is 0 Å². The lowest BCUT2D eigenvalue weighted by molar-refractivity contribution is 1.37. The Morgan fingerprint density at radius 2 is 0.737 bits per heavy atom. The molecule has 0 fully saturated rings. The van der Waals surface area contributed by atoms with Crippen LogP contribution in [0.3, 0.4) is 0 Å². The van der Waals surface area contributed by atoms with E-state index in [1.165, 1.54) is 0 Å². The number of pyridine rings is 4. The van der Waals surface area contributed by atoms with Crippen LogP contribution in [-0.4, -0.2) is 19.9 Å². The van der Waals surface area contributed by atoms with Gasteiger partial charge in [0.05, 0.1) is 33.5 Å². The van der Waals surface area contributed by atoms with Crippen molar-refractivity contribution in [1.29, 1.82) is 0 Å². The molecule has 4 aromatic carbocycles. The first kappa shape index (κ1) is 20.9. The molecule has 4 heteroatoms. The Morgan fingerprint density at radius 3 is 1.21 bits per heavy atom. The van der Waals surface area contributed by atoms with E-state index >= 15 is 0 Å². The van der Waals surface area contributed by atoms with Crippen LogP contribution < -0.4 is 0 Å². The predicted octanol–water partition coefficient (Wildman–Crippen LogP) is 8.37. The fourth-order valence-corrected chi connectivity index (χ4v) is 5.33. The van der Waals surface area contributed by atoms with Crippen molar-refractivity contribution < 1.29 is 0 Å². The van der Waals surface area contributed by atoms with Crippen LogP contribution >= 0.6 is 0 Å². The van der Waals surface area contributed by atoms with Gasteiger partial charge in [0.2, 0.25) is 0 Å². The molecular formula is C34H20N4. The summed E-state index contributed by atoms with van der Waals surface area (Å²) in [5, 5.41) is 6.71. The first-order chi connectivity index (χ1) is 18.8. The number of hydrogen-bond donors (Lipinski definition) is 0. The normalized spacial score (nSPS) is 11.7. The standard InChI is InChI=1S/C34H20N4/c1-3-21-5-7-23-13-15-29(37-33(23)31(21)35-17-1)27-11-9-26-20-28(12-10-25(26)19-27)30-16-14-24-8-6-22-4-2-18-36-32(22)34(24)38-30/h1-20H. The average Bonchev–Trinajstić information content (AvgIpc) is 3.00. The van der Waals surface area contributed by atoms with Gasteiger partial charge in [0, 0.05) is 45.1 Å². The van der Waals surface area contributed by atoms with E-state index in [0.29, 0.717) is 0 Å². The lowest BCUT2D eigenvalue weighted by atomic mass is 10.00. The van der Waals surface area contributed by atoms with Crippen LogP contribution in [0.25, 0.3) is 76.9 Å². The molecular weight excluding hydrogens is 464 g/mol. The van der Waals surface area contributed by atoms with Crippen molar-refractivity contribution in [2.24, 2.45) is 0 Å². The Bertz CT molecular complexity index is 2040. The van der Waals surface area contributed by atoms with E-state index in [2.05, 4.69) is 107 Å². The van der Waals surface area contributed by atoms with E-state index in [0.717, 1.165) is 76.9 Å². The molecule has 0 saturated carbocycles. The van der Waals surface area contributed by atoms with E-state index < -0.39 is 0 Å². The number of hydrogen-bond acceptors (Lipinski definition) is 4. The highest BCUT2D eigenvalue weighted by atomic mass is 14.8. The zero-order valence-corrected chi connectivity index (χ0v) is 20.3. The molecule has 38 heavy (non-hydrogen) atoms. The Morgan fingerprint density at radius 1 is 0.342 bits per heavy atom. The summed E-state index contributed by atoms with van der Waals surface area (Å²) in [6, 6.07) is 38.0. The van der Waals surface area contributed by atoms with E-state index in [1.54, 1.807) is 0 Å². The molecule has 0 N–H and O–H groups in total. The van der Waals surface area contributed by atoms with Gasteiger partial charge >= 0.3 is 0 Å². The SMILES string of the molecule is c1cnc2c(c1)ccc1ccc(-c3ccc4cc(-c5ccc6ccc7cccnc7c6n5)ccc4c3)nc12. The summed E-state index contributed by atoms with van der Waals surface area (Å²) in [5.41, 5.74) is 7.78. The summed E-state index contributed by atoms with van der Waals surface area (Å²) >= 11 is 0. The lowest BCUT2D eigenvalue weighted by Gasteiger charge is -2.09. The zero-order valence-electron chi connectivity index (χ0n) is 20.3. The number of fused-ring (bicyclic) bond motifs is 7. The van der Waals surface area contributed by atoms with Crippen molar-refractivity contribution in [3.05, 3.63) is 122 Å². The first-order valence-electron chi connectivity index (χ1n) is 12.6. The highest BCUT2D eigenvalue weighted by Gasteiger charge is 2.09. The lowest BCUT2D eigenvalue weighted by Crippen LogP contribution is -1.90. The number of aromatic nitrogens is 4. The van der Waals surface area contributed by atoms with Crippen LogP contribution in [-0.2, 0) is 0 Å². The molecule has 0 aliphatic heterocycles. The number of benzene rings is 4. The van der Waals surface area contributed by atoms with Gasteiger partial charge in [0.1, 0.15) is 0 Å². The summed E-state index contributed by atoms with van der Waals surface area (Å²) in [5.74, 6) is 0. The summed E-state index contributed by atoms with van der Waals surface area (Å²) in [6.45, 7) is 0. The van der Waals surface area contributed by atoms with E-state index in [-0.39, 0.29) is 0 Å². The van der Waals surface area contributed by atoms with Gasteiger partial charge in [-0.1, -0.05) is 72.8 Å². The van der Waals surface area contributed by atoms with Crippen molar-refractivity contribution in [2.45, 2.75) is 0 Å². The molecule has 0 amide bonds. The quantitative estimate of drug-likeness (QED) is 0.231. The highest BCUT2D eigenvalue weighted by molar-refractivity contribution is 6.04. The van der Waals surface area contributed by atoms with E-state index in [4.69, 9.17) is 9.97 Å². The Hall–Kier alpha value is -5.22. The maximum Gasteiger partial charge on any atom is 0.0972 e. The highest BCUT2D eigenvalue weighted by Crippen LogP contribution is 2.31. The van der Waals surface area contributed by atoms with Crippen LogP contribution in [0.15, 0.2) is 122 Å². The van der Waals surface area contributed by atoms with Crippen LogP contribution in [0, 0.1) is 0 Å². The largest absolute Gasteiger partial charge is 0.254 e. The fraction of sp³-hybridized carbons (Fsp3) is 0. The van der Waals surface area contributed by atoms with Gasteiger partial charge < -0.3 is 0 Å². The zero-order chi connectivity index (χ0) is 25.1. The van der Waals surface area contributed by atoms with Crippen LogP contribution in [0.2, 0.25) is 0 Å². The van der Waals surface area contributed by atoms with E-state index in [9.17, 15) is 0 Å². The minimum atomic E-state index is 0.931. The molecule has 0 atom stereocenters. The molecule has 0 radical (unpaired) electrons. The molecule has 4 aromatic heterocycles. The van der Waals surface area contributed by atoms with Crippen molar-refractivity contribution in [1.82, 2.24) is 19.9 Å². The molecule has 0 spiro atoms. The van der Waals surface area contributed by atoms with Crippen LogP contribution in [0.1, 0.15) is 0 Å². The molecule has 8 aromatic rings. The van der Waals surface area contributed by atoms with Crippen LogP contribution in [0.5, 0.6) is 0 Å². The molecule has 0 unspecified atom stereocenters. The number of nitrogens with zero attached hydrogens (tertiary/aromatic N) is 4. The monoisotopic (exact) mass is 484 g/mol. The third kappa shape index (κ3) is 3.31. The predicted molar refractivity (Wildman–Crippen MR) is 156 cm³/mol. The summed E-state index contributed by atoms with van der Waals surface area (Å²) < 4.78 is 0. The van der Waals surface area contributed by atoms with Gasteiger partial charge in [0.25, 0.3) is 0 Å². The Labute approximate surface area is 218 Å². The van der Waals surface area contributed by atoms with Gasteiger partial charge in [-0.2, -0.15) is 0 Å². The topological polar surface area (TPSA) is 51.6 Å². The summed E-state index contributed by atoms with van der Waals surface area (Å²) in [6.07, 6.45) is 3.65. The van der Waals surface area contributed by atoms with Gasteiger partial charge in [0.15, 0.2) is 0 Å². The maximum atomic E-state index is 5.02. The van der Waals surface area contributed by atoms with Crippen molar-refractivity contribution in [3.63, 3.8) is 0 Å². The fourth-order valence-electron chi connectivity index (χ4n) is 5.33. The molecule has 4 heterocycles.